The number of amides is 1. The first kappa shape index (κ1) is 30.3. The van der Waals surface area contributed by atoms with Crippen molar-refractivity contribution < 1.29 is 13.2 Å². The van der Waals surface area contributed by atoms with Crippen molar-refractivity contribution in [3.63, 3.8) is 0 Å². The van der Waals surface area contributed by atoms with Crippen LogP contribution in [0.1, 0.15) is 40.1 Å². The van der Waals surface area contributed by atoms with Crippen molar-refractivity contribution in [1.29, 1.82) is 0 Å². The summed E-state index contributed by atoms with van der Waals surface area (Å²) >= 11 is 0. The van der Waals surface area contributed by atoms with E-state index in [0.717, 1.165) is 4.31 Å². The van der Waals surface area contributed by atoms with Gasteiger partial charge in [-0.05, 0) is 42.6 Å². The number of carbonyl (C=O) groups is 1. The number of para-hydroxylation sites is 1. The van der Waals surface area contributed by atoms with Crippen molar-refractivity contribution in [2.75, 3.05) is 18.8 Å². The molecule has 1 atom stereocenters. The molecule has 0 aliphatic rings. The predicted octanol–water partition coefficient (Wildman–Crippen LogP) is 2.88. The molecule has 4 aromatic heterocycles. The number of rotatable bonds is 7. The molecule has 0 spiro atoms. The standard InChI is InChI=1S/C32H29N9O4S/c1-21(35-31(42)28-29(37-46(44,45)38(2)3)36-40-17-9-16-33-30(28)40)26-18-24-11-8-10-23(15-14-22-19-34-39(4)20-22)27(24)32(43)41(26)25-12-6-5-7-13-25/h5-13,16-21H,1-4H3,(H,35,42)(H,36,37)/t21-/m1/s1. The molecule has 6 rings (SSSR count). The van der Waals surface area contributed by atoms with E-state index < -0.39 is 22.2 Å². The first-order valence-corrected chi connectivity index (χ1v) is 15.6. The van der Waals surface area contributed by atoms with Crippen LogP contribution in [0.5, 0.6) is 0 Å². The van der Waals surface area contributed by atoms with Crippen LogP contribution in [0, 0.1) is 11.8 Å². The van der Waals surface area contributed by atoms with Crippen LogP contribution in [0.4, 0.5) is 5.82 Å². The molecular weight excluding hydrogens is 606 g/mol. The van der Waals surface area contributed by atoms with Gasteiger partial charge in [0.2, 0.25) is 0 Å². The summed E-state index contributed by atoms with van der Waals surface area (Å²) in [6, 6.07) is 17.3. The number of carbonyl (C=O) groups excluding carboxylic acids is 1. The second kappa shape index (κ2) is 12.0. The molecule has 0 fully saturated rings. The topological polar surface area (TPSA) is 149 Å². The van der Waals surface area contributed by atoms with Crippen molar-refractivity contribution in [3.05, 3.63) is 118 Å². The van der Waals surface area contributed by atoms with Gasteiger partial charge in [0.1, 0.15) is 5.56 Å². The van der Waals surface area contributed by atoms with Crippen molar-refractivity contribution in [2.24, 2.45) is 7.05 Å². The number of anilines is 1. The Kier molecular flexibility index (Phi) is 7.86. The number of nitrogens with zero attached hydrogens (tertiary/aromatic N) is 7. The molecular formula is C32H29N9O4S. The fraction of sp³-hybridized carbons (Fsp3) is 0.156. The third-order valence-corrected chi connectivity index (χ3v) is 8.67. The molecule has 13 nitrogen and oxygen atoms in total. The minimum atomic E-state index is -4.00. The molecule has 0 radical (unpaired) electrons. The second-order valence-electron chi connectivity index (χ2n) is 10.7. The van der Waals surface area contributed by atoms with Gasteiger partial charge >= 0.3 is 10.2 Å². The number of fused-ring (bicyclic) bond motifs is 2. The summed E-state index contributed by atoms with van der Waals surface area (Å²) in [6.07, 6.45) is 6.48. The molecule has 0 saturated heterocycles. The monoisotopic (exact) mass is 635 g/mol. The highest BCUT2D eigenvalue weighted by Crippen LogP contribution is 2.25. The van der Waals surface area contributed by atoms with E-state index in [4.69, 9.17) is 0 Å². The number of nitrogens with one attached hydrogen (secondary N) is 2. The van der Waals surface area contributed by atoms with Gasteiger partial charge in [-0.2, -0.15) is 17.8 Å². The van der Waals surface area contributed by atoms with Crippen LogP contribution in [0.3, 0.4) is 0 Å². The normalized spacial score (nSPS) is 12.2. The van der Waals surface area contributed by atoms with Crippen LogP contribution in [0.2, 0.25) is 0 Å². The fourth-order valence-corrected chi connectivity index (χ4v) is 5.57. The summed E-state index contributed by atoms with van der Waals surface area (Å²) in [7, 11) is 0.524. The SMILES string of the molecule is C[C@@H](NC(=O)c1c(NS(=O)(=O)N(C)C)nn2cccnc12)c1cc2cccc(C#Cc3cnn(C)c3)c2c(=O)n1-c1ccccc1. The zero-order chi connectivity index (χ0) is 32.6. The minimum Gasteiger partial charge on any atom is -0.344 e. The Bertz CT molecular complexity index is 2350. The Morgan fingerprint density at radius 1 is 1.04 bits per heavy atom. The van der Waals surface area contributed by atoms with E-state index in [0.29, 0.717) is 33.3 Å². The van der Waals surface area contributed by atoms with Gasteiger partial charge < -0.3 is 5.32 Å². The van der Waals surface area contributed by atoms with E-state index in [9.17, 15) is 18.0 Å². The molecule has 6 aromatic rings. The van der Waals surface area contributed by atoms with E-state index in [1.165, 1.54) is 24.8 Å². The predicted molar refractivity (Wildman–Crippen MR) is 174 cm³/mol. The molecule has 2 N–H and O–H groups in total. The number of benzene rings is 2. The first-order chi connectivity index (χ1) is 22.0. The number of aryl methyl sites for hydroxylation is 1. The number of hydrogen-bond donors (Lipinski definition) is 2. The molecule has 2 aromatic carbocycles. The van der Waals surface area contributed by atoms with E-state index in [2.05, 4.69) is 37.1 Å². The molecule has 232 valence electrons. The van der Waals surface area contributed by atoms with Gasteiger partial charge in [-0.15, -0.1) is 5.10 Å². The third-order valence-electron chi connectivity index (χ3n) is 7.26. The lowest BCUT2D eigenvalue weighted by molar-refractivity contribution is 0.0941. The zero-order valence-corrected chi connectivity index (χ0v) is 26.1. The highest BCUT2D eigenvalue weighted by Gasteiger charge is 2.27. The van der Waals surface area contributed by atoms with Crippen LogP contribution in [0.25, 0.3) is 22.1 Å². The van der Waals surface area contributed by atoms with Crippen molar-refractivity contribution >= 4 is 38.4 Å². The molecule has 0 bridgehead atoms. The van der Waals surface area contributed by atoms with Crippen LogP contribution >= 0.6 is 0 Å². The third kappa shape index (κ3) is 5.72. The molecule has 0 aliphatic heterocycles. The van der Waals surface area contributed by atoms with Crippen molar-refractivity contribution in [2.45, 2.75) is 13.0 Å². The molecule has 0 saturated carbocycles. The van der Waals surface area contributed by atoms with Gasteiger partial charge in [0.25, 0.3) is 11.5 Å². The Morgan fingerprint density at radius 2 is 1.83 bits per heavy atom. The quantitative estimate of drug-likeness (QED) is 0.256. The first-order valence-electron chi connectivity index (χ1n) is 14.1. The number of pyridine rings is 1. The Morgan fingerprint density at radius 3 is 2.54 bits per heavy atom. The van der Waals surface area contributed by atoms with Gasteiger partial charge in [-0.25, -0.2) is 9.50 Å². The van der Waals surface area contributed by atoms with Crippen LogP contribution in [-0.4, -0.2) is 61.7 Å². The molecule has 1 amide bonds. The number of hydrogen-bond acceptors (Lipinski definition) is 7. The molecule has 46 heavy (non-hydrogen) atoms. The highest BCUT2D eigenvalue weighted by molar-refractivity contribution is 7.90. The fourth-order valence-electron chi connectivity index (χ4n) is 5.00. The lowest BCUT2D eigenvalue weighted by Gasteiger charge is -2.21. The van der Waals surface area contributed by atoms with Gasteiger partial charge in [0.05, 0.1) is 23.2 Å². The maximum atomic E-state index is 14.3. The van der Waals surface area contributed by atoms with Gasteiger partial charge in [0.15, 0.2) is 11.5 Å². The summed E-state index contributed by atoms with van der Waals surface area (Å²) in [4.78, 5) is 32.5. The summed E-state index contributed by atoms with van der Waals surface area (Å²) in [5, 5.41) is 12.4. The second-order valence-corrected chi connectivity index (χ2v) is 12.5. The average molecular weight is 636 g/mol. The van der Waals surface area contributed by atoms with Crippen molar-refractivity contribution in [3.8, 4) is 17.5 Å². The van der Waals surface area contributed by atoms with Crippen LogP contribution in [0.15, 0.2) is 90.2 Å². The van der Waals surface area contributed by atoms with Gasteiger partial charge in [0, 0.05) is 56.7 Å². The number of aromatic nitrogens is 6. The van der Waals surface area contributed by atoms with Crippen LogP contribution in [-0.2, 0) is 17.3 Å². The van der Waals surface area contributed by atoms with Gasteiger partial charge in [-0.3, -0.25) is 23.6 Å². The summed E-state index contributed by atoms with van der Waals surface area (Å²) in [6.45, 7) is 1.74. The summed E-state index contributed by atoms with van der Waals surface area (Å²) in [5.74, 6) is 5.38. The van der Waals surface area contributed by atoms with Crippen molar-refractivity contribution in [1.82, 2.24) is 38.6 Å². The molecule has 0 unspecified atom stereocenters. The smallest absolute Gasteiger partial charge is 0.302 e. The highest BCUT2D eigenvalue weighted by atomic mass is 32.2. The largest absolute Gasteiger partial charge is 0.344 e. The summed E-state index contributed by atoms with van der Waals surface area (Å²) < 4.78 is 33.2. The summed E-state index contributed by atoms with van der Waals surface area (Å²) in [5.41, 5.74) is 2.12. The van der Waals surface area contributed by atoms with E-state index in [1.807, 2.05) is 36.4 Å². The Labute approximate surface area is 264 Å². The molecule has 4 heterocycles. The van der Waals surface area contributed by atoms with Crippen LogP contribution < -0.4 is 15.6 Å². The lowest BCUT2D eigenvalue weighted by atomic mass is 10.0. The maximum Gasteiger partial charge on any atom is 0.302 e. The molecule has 0 aliphatic carbocycles. The van der Waals surface area contributed by atoms with E-state index in [1.54, 1.807) is 66.1 Å². The lowest BCUT2D eigenvalue weighted by Crippen LogP contribution is -2.33. The Balaban J connectivity index is 1.46. The maximum absolute atomic E-state index is 14.3. The molecule has 14 heteroatoms. The zero-order valence-electron chi connectivity index (χ0n) is 25.3. The van der Waals surface area contributed by atoms with E-state index in [-0.39, 0.29) is 22.6 Å². The average Bonchev–Trinajstić information content (AvgIpc) is 3.62. The minimum absolute atomic E-state index is 0.0692. The van der Waals surface area contributed by atoms with Gasteiger partial charge in [-0.1, -0.05) is 42.2 Å². The van der Waals surface area contributed by atoms with E-state index >= 15 is 0 Å². The Hall–Kier alpha value is -5.78.